The van der Waals surface area contributed by atoms with Crippen LogP contribution < -0.4 is 10.1 Å². The van der Waals surface area contributed by atoms with Gasteiger partial charge >= 0.3 is 0 Å². The Morgan fingerprint density at radius 3 is 2.46 bits per heavy atom. The van der Waals surface area contributed by atoms with E-state index in [1.807, 2.05) is 24.3 Å². The molecule has 2 aromatic carbocycles. The number of hydrogen-bond donors (Lipinski definition) is 1. The van der Waals surface area contributed by atoms with Gasteiger partial charge in [-0.25, -0.2) is 8.78 Å². The Kier molecular flexibility index (Phi) is 4.71. The van der Waals surface area contributed by atoms with Crippen molar-refractivity contribution in [3.05, 3.63) is 76.5 Å². The van der Waals surface area contributed by atoms with E-state index < -0.39 is 17.6 Å². The Hall–Kier alpha value is -3.02. The lowest BCUT2D eigenvalue weighted by Gasteiger charge is -2.34. The highest BCUT2D eigenvalue weighted by Crippen LogP contribution is 2.43. The van der Waals surface area contributed by atoms with Gasteiger partial charge in [-0.05, 0) is 41.7 Å². The molecule has 0 spiro atoms. The van der Waals surface area contributed by atoms with Crippen LogP contribution in [0, 0.1) is 11.6 Å². The lowest BCUT2D eigenvalue weighted by atomic mass is 9.73. The summed E-state index contributed by atoms with van der Waals surface area (Å²) in [5, 5.41) is 2.78. The van der Waals surface area contributed by atoms with Crippen LogP contribution in [0.15, 0.2) is 53.7 Å². The highest BCUT2D eigenvalue weighted by molar-refractivity contribution is 6.02. The Morgan fingerprint density at radius 1 is 1.00 bits per heavy atom. The molecule has 1 aliphatic heterocycles. The summed E-state index contributed by atoms with van der Waals surface area (Å²) in [4.78, 5) is 25.2. The van der Waals surface area contributed by atoms with Crippen LogP contribution in [0.1, 0.15) is 42.2 Å². The molecule has 144 valence electrons. The fraction of sp³-hybridized carbons (Fsp3) is 0.273. The molecule has 4 rings (SSSR count). The number of nitrogens with one attached hydrogen (secondary N) is 1. The van der Waals surface area contributed by atoms with Gasteiger partial charge in [0.05, 0.1) is 7.11 Å². The number of hydrogen-bond acceptors (Lipinski definition) is 3. The second-order valence-electron chi connectivity index (χ2n) is 7.14. The third-order valence-corrected chi connectivity index (χ3v) is 5.48. The maximum Gasteiger partial charge on any atom is 0.225 e. The molecule has 28 heavy (non-hydrogen) atoms. The van der Waals surface area contributed by atoms with Gasteiger partial charge in [-0.3, -0.25) is 9.59 Å². The zero-order valence-electron chi connectivity index (χ0n) is 15.3. The average molecular weight is 383 g/mol. The van der Waals surface area contributed by atoms with Crippen molar-refractivity contribution in [3.63, 3.8) is 0 Å². The zero-order valence-corrected chi connectivity index (χ0v) is 15.3. The van der Waals surface area contributed by atoms with E-state index in [0.717, 1.165) is 17.4 Å². The molecule has 0 bridgehead atoms. The van der Waals surface area contributed by atoms with Crippen LogP contribution in [-0.4, -0.2) is 18.8 Å². The minimum Gasteiger partial charge on any atom is -0.497 e. The van der Waals surface area contributed by atoms with E-state index in [-0.39, 0.29) is 36.0 Å². The van der Waals surface area contributed by atoms with E-state index in [0.29, 0.717) is 17.7 Å². The molecule has 0 aromatic heterocycles. The van der Waals surface area contributed by atoms with Gasteiger partial charge in [-0.1, -0.05) is 24.3 Å². The van der Waals surface area contributed by atoms with E-state index in [9.17, 15) is 18.4 Å². The van der Waals surface area contributed by atoms with Crippen LogP contribution in [0.4, 0.5) is 8.78 Å². The standard InChI is InChI=1S/C22H19F2NO3/c1-28-14-7-5-12(6-8-14)13-9-18-21(19(26)10-13)16(11-20(27)25-18)15-3-2-4-17(23)22(15)24/h2-8,13,16H,9-11H2,1H3,(H,25,27)/t13-,16+/m1/s1. The molecule has 1 amide bonds. The number of rotatable bonds is 3. The minimum absolute atomic E-state index is 0.0543. The van der Waals surface area contributed by atoms with Gasteiger partial charge < -0.3 is 10.1 Å². The van der Waals surface area contributed by atoms with E-state index in [2.05, 4.69) is 5.32 Å². The number of allylic oxidation sites excluding steroid dienone is 2. The van der Waals surface area contributed by atoms with E-state index in [1.54, 1.807) is 7.11 Å². The van der Waals surface area contributed by atoms with E-state index in [1.165, 1.54) is 12.1 Å². The number of ether oxygens (including phenoxy) is 1. The summed E-state index contributed by atoms with van der Waals surface area (Å²) < 4.78 is 33.2. The van der Waals surface area contributed by atoms with Gasteiger partial charge in [0, 0.05) is 30.0 Å². The summed E-state index contributed by atoms with van der Waals surface area (Å²) in [6.07, 6.45) is 0.652. The number of ketones is 1. The van der Waals surface area contributed by atoms with Gasteiger partial charge in [-0.15, -0.1) is 0 Å². The Labute approximate surface area is 161 Å². The molecule has 0 saturated heterocycles. The second kappa shape index (κ2) is 7.19. The molecular formula is C22H19F2NO3. The monoisotopic (exact) mass is 383 g/mol. The number of benzene rings is 2. The first-order chi connectivity index (χ1) is 13.5. The van der Waals surface area contributed by atoms with Crippen LogP contribution in [0.3, 0.4) is 0 Å². The van der Waals surface area contributed by atoms with Gasteiger partial charge in [0.2, 0.25) is 5.91 Å². The lowest BCUT2D eigenvalue weighted by molar-refractivity contribution is -0.122. The van der Waals surface area contributed by atoms with Gasteiger partial charge in [0.1, 0.15) is 5.75 Å². The molecule has 4 nitrogen and oxygen atoms in total. The third kappa shape index (κ3) is 3.19. The van der Waals surface area contributed by atoms with Crippen molar-refractivity contribution >= 4 is 11.7 Å². The van der Waals surface area contributed by atoms with Gasteiger partial charge in [-0.2, -0.15) is 0 Å². The molecule has 0 fully saturated rings. The molecule has 2 aliphatic rings. The Bertz CT molecular complexity index is 982. The topological polar surface area (TPSA) is 55.4 Å². The first kappa shape index (κ1) is 18.3. The quantitative estimate of drug-likeness (QED) is 0.872. The Morgan fingerprint density at radius 2 is 1.75 bits per heavy atom. The van der Waals surface area contributed by atoms with Crippen molar-refractivity contribution in [1.82, 2.24) is 5.32 Å². The fourth-order valence-electron chi connectivity index (χ4n) is 4.13. The predicted molar refractivity (Wildman–Crippen MR) is 98.9 cm³/mol. The molecule has 2 atom stereocenters. The highest BCUT2D eigenvalue weighted by atomic mass is 19.2. The minimum atomic E-state index is -1.00. The van der Waals surface area contributed by atoms with Crippen LogP contribution in [-0.2, 0) is 9.59 Å². The normalized spacial score (nSPS) is 22.0. The lowest BCUT2D eigenvalue weighted by Crippen LogP contribution is -2.38. The number of carbonyl (C=O) groups excluding carboxylic acids is 2. The van der Waals surface area contributed by atoms with Crippen molar-refractivity contribution in [2.45, 2.75) is 31.1 Å². The van der Waals surface area contributed by atoms with Crippen molar-refractivity contribution < 1.29 is 23.1 Å². The first-order valence-corrected chi connectivity index (χ1v) is 9.12. The largest absolute Gasteiger partial charge is 0.497 e. The van der Waals surface area contributed by atoms with Crippen molar-refractivity contribution in [2.24, 2.45) is 0 Å². The summed E-state index contributed by atoms with van der Waals surface area (Å²) >= 11 is 0. The molecule has 0 radical (unpaired) electrons. The molecule has 0 saturated carbocycles. The molecule has 1 aliphatic carbocycles. The van der Waals surface area contributed by atoms with Crippen molar-refractivity contribution in [3.8, 4) is 5.75 Å². The molecule has 0 unspecified atom stereocenters. The van der Waals surface area contributed by atoms with Crippen molar-refractivity contribution in [1.29, 1.82) is 0 Å². The number of methoxy groups -OCH3 is 1. The number of amides is 1. The maximum absolute atomic E-state index is 14.4. The van der Waals surface area contributed by atoms with Crippen LogP contribution in [0.5, 0.6) is 5.75 Å². The zero-order chi connectivity index (χ0) is 19.8. The summed E-state index contributed by atoms with van der Waals surface area (Å²) in [7, 11) is 1.58. The molecular weight excluding hydrogens is 364 g/mol. The van der Waals surface area contributed by atoms with Crippen LogP contribution in [0.25, 0.3) is 0 Å². The van der Waals surface area contributed by atoms with Gasteiger partial charge in [0.15, 0.2) is 17.4 Å². The van der Waals surface area contributed by atoms with Gasteiger partial charge in [0.25, 0.3) is 0 Å². The van der Waals surface area contributed by atoms with Crippen LogP contribution >= 0.6 is 0 Å². The predicted octanol–water partition coefficient (Wildman–Crippen LogP) is 3.98. The number of carbonyl (C=O) groups is 2. The summed E-state index contributed by atoms with van der Waals surface area (Å²) in [5.41, 5.74) is 1.93. The second-order valence-corrected chi connectivity index (χ2v) is 7.14. The number of Topliss-reactive ketones (excluding diaryl/α,β-unsaturated/α-hetero) is 1. The van der Waals surface area contributed by atoms with E-state index in [4.69, 9.17) is 4.74 Å². The van der Waals surface area contributed by atoms with Crippen LogP contribution in [0.2, 0.25) is 0 Å². The molecule has 1 N–H and O–H groups in total. The fourth-order valence-corrected chi connectivity index (χ4v) is 4.13. The SMILES string of the molecule is COc1ccc([C@H]2CC(=O)C3=C(C2)NC(=O)C[C@H]3c2cccc(F)c2F)cc1. The summed E-state index contributed by atoms with van der Waals surface area (Å²) in [5.74, 6) is -2.55. The van der Waals surface area contributed by atoms with Crippen molar-refractivity contribution in [2.75, 3.05) is 7.11 Å². The Balaban J connectivity index is 1.71. The molecule has 2 aromatic rings. The highest BCUT2D eigenvalue weighted by Gasteiger charge is 2.39. The average Bonchev–Trinajstić information content (AvgIpc) is 2.69. The summed E-state index contributed by atoms with van der Waals surface area (Å²) in [6, 6.07) is 11.3. The smallest absolute Gasteiger partial charge is 0.225 e. The molecule has 1 heterocycles. The maximum atomic E-state index is 14.4. The molecule has 6 heteroatoms. The third-order valence-electron chi connectivity index (χ3n) is 5.48. The van der Waals surface area contributed by atoms with E-state index >= 15 is 0 Å². The number of halogens is 2. The summed E-state index contributed by atoms with van der Waals surface area (Å²) in [6.45, 7) is 0. The first-order valence-electron chi connectivity index (χ1n) is 9.12.